The molecule has 0 heterocycles. The van der Waals surface area contributed by atoms with Crippen LogP contribution in [0.5, 0.6) is 0 Å². The van der Waals surface area contributed by atoms with Crippen molar-refractivity contribution in [3.63, 3.8) is 0 Å². The van der Waals surface area contributed by atoms with Gasteiger partial charge in [-0.05, 0) is 78.5 Å². The predicted octanol–water partition coefficient (Wildman–Crippen LogP) is 7.97. The highest BCUT2D eigenvalue weighted by atomic mass is 14.1. The first-order chi connectivity index (χ1) is 13.9. The van der Waals surface area contributed by atoms with Crippen molar-refractivity contribution >= 4 is 43.1 Å². The van der Waals surface area contributed by atoms with Gasteiger partial charge >= 0.3 is 0 Å². The monoisotopic (exact) mass is 354 g/mol. The van der Waals surface area contributed by atoms with E-state index < -0.39 is 0 Å². The first-order valence-corrected chi connectivity index (χ1v) is 9.70. The zero-order valence-corrected chi connectivity index (χ0v) is 15.4. The zero-order chi connectivity index (χ0) is 18.5. The molecule has 0 saturated heterocycles. The smallest absolute Gasteiger partial charge is 0.00988 e. The summed E-state index contributed by atoms with van der Waals surface area (Å²) in [6.45, 7) is 0. The van der Waals surface area contributed by atoms with Gasteiger partial charge in [-0.25, -0.2) is 0 Å². The summed E-state index contributed by atoms with van der Waals surface area (Å²) < 4.78 is 0. The van der Waals surface area contributed by atoms with Crippen molar-refractivity contribution in [1.82, 2.24) is 0 Å². The first kappa shape index (κ1) is 15.4. The third-order valence-corrected chi connectivity index (χ3v) is 5.78. The van der Waals surface area contributed by atoms with Gasteiger partial charge in [-0.3, -0.25) is 0 Å². The van der Waals surface area contributed by atoms with E-state index in [-0.39, 0.29) is 0 Å². The second-order valence-corrected chi connectivity index (χ2v) is 7.45. The van der Waals surface area contributed by atoms with E-state index in [0.29, 0.717) is 0 Å². The lowest BCUT2D eigenvalue weighted by Gasteiger charge is -2.12. The van der Waals surface area contributed by atoms with Crippen molar-refractivity contribution in [1.29, 1.82) is 0 Å². The van der Waals surface area contributed by atoms with Crippen molar-refractivity contribution in [2.45, 2.75) is 0 Å². The van der Waals surface area contributed by atoms with Crippen molar-refractivity contribution in [2.75, 3.05) is 0 Å². The van der Waals surface area contributed by atoms with Crippen LogP contribution in [0, 0.1) is 0 Å². The summed E-state index contributed by atoms with van der Waals surface area (Å²) in [6, 6.07) is 39.7. The van der Waals surface area contributed by atoms with Gasteiger partial charge in [0.2, 0.25) is 0 Å². The molecule has 130 valence electrons. The lowest BCUT2D eigenvalue weighted by molar-refractivity contribution is 1.69. The van der Waals surface area contributed by atoms with Crippen LogP contribution < -0.4 is 0 Å². The minimum absolute atomic E-state index is 1.28. The lowest BCUT2D eigenvalue weighted by Crippen LogP contribution is -1.85. The first-order valence-electron chi connectivity index (χ1n) is 9.70. The zero-order valence-electron chi connectivity index (χ0n) is 15.4. The van der Waals surface area contributed by atoms with Crippen molar-refractivity contribution in [3.8, 4) is 11.1 Å². The van der Waals surface area contributed by atoms with Gasteiger partial charge in [-0.1, -0.05) is 84.9 Å². The highest BCUT2D eigenvalue weighted by molar-refractivity contribution is 6.11. The fourth-order valence-electron chi connectivity index (χ4n) is 4.41. The molecule has 0 spiro atoms. The molecule has 0 aliphatic heterocycles. The molecule has 0 aliphatic rings. The van der Waals surface area contributed by atoms with Crippen LogP contribution in [0.15, 0.2) is 109 Å². The molecule has 0 saturated carbocycles. The molecule has 0 atom stereocenters. The van der Waals surface area contributed by atoms with E-state index in [4.69, 9.17) is 0 Å². The van der Waals surface area contributed by atoms with Crippen molar-refractivity contribution in [3.05, 3.63) is 109 Å². The van der Waals surface area contributed by atoms with Crippen LogP contribution in [0.1, 0.15) is 0 Å². The molecule has 0 bridgehead atoms. The van der Waals surface area contributed by atoms with E-state index in [2.05, 4.69) is 109 Å². The van der Waals surface area contributed by atoms with Gasteiger partial charge in [0.25, 0.3) is 0 Å². The van der Waals surface area contributed by atoms with Gasteiger partial charge in [0.1, 0.15) is 0 Å². The third-order valence-electron chi connectivity index (χ3n) is 5.78. The van der Waals surface area contributed by atoms with Crippen LogP contribution in [0.4, 0.5) is 0 Å². The van der Waals surface area contributed by atoms with E-state index in [1.807, 2.05) is 0 Å². The molecule has 0 aliphatic carbocycles. The maximum absolute atomic E-state index is 2.36. The second kappa shape index (κ2) is 5.94. The van der Waals surface area contributed by atoms with E-state index in [9.17, 15) is 0 Å². The fourth-order valence-corrected chi connectivity index (χ4v) is 4.41. The van der Waals surface area contributed by atoms with E-state index in [1.165, 1.54) is 54.2 Å². The molecule has 0 unspecified atom stereocenters. The summed E-state index contributed by atoms with van der Waals surface area (Å²) in [5, 5.41) is 10.3. The average molecular weight is 354 g/mol. The number of hydrogen-bond donors (Lipinski definition) is 0. The molecule has 0 amide bonds. The van der Waals surface area contributed by atoms with E-state index >= 15 is 0 Å². The summed E-state index contributed by atoms with van der Waals surface area (Å²) in [4.78, 5) is 0. The Labute approximate surface area is 163 Å². The van der Waals surface area contributed by atoms with Crippen LogP contribution in [0.2, 0.25) is 0 Å². The van der Waals surface area contributed by atoms with Gasteiger partial charge in [0, 0.05) is 0 Å². The quantitative estimate of drug-likeness (QED) is 0.263. The van der Waals surface area contributed by atoms with Crippen molar-refractivity contribution in [2.24, 2.45) is 0 Å². The Morgan fingerprint density at radius 3 is 1.54 bits per heavy atom. The molecule has 0 nitrogen and oxygen atoms in total. The number of hydrogen-bond acceptors (Lipinski definition) is 0. The Morgan fingerprint density at radius 1 is 0.286 bits per heavy atom. The molecular weight excluding hydrogens is 336 g/mol. The molecular formula is C28H18. The third kappa shape index (κ3) is 2.32. The summed E-state index contributed by atoms with van der Waals surface area (Å²) in [5.74, 6) is 0. The Hall–Kier alpha value is -3.64. The maximum Gasteiger partial charge on any atom is -0.00988 e. The topological polar surface area (TPSA) is 0 Å². The van der Waals surface area contributed by atoms with Gasteiger partial charge in [0.15, 0.2) is 0 Å². The Bertz CT molecular complexity index is 1500. The minimum atomic E-state index is 1.28. The predicted molar refractivity (Wildman–Crippen MR) is 122 cm³/mol. The summed E-state index contributed by atoms with van der Waals surface area (Å²) in [7, 11) is 0. The molecule has 0 heteroatoms. The number of benzene rings is 6. The maximum atomic E-state index is 2.36. The van der Waals surface area contributed by atoms with E-state index in [0.717, 1.165) is 0 Å². The molecule has 0 fully saturated rings. The SMILES string of the molecule is c1ccc2cc3cc4c(-c5cccc6ccccc56)cccc4cc3cc2c1. The molecule has 28 heavy (non-hydrogen) atoms. The molecule has 6 aromatic rings. The number of rotatable bonds is 1. The summed E-state index contributed by atoms with van der Waals surface area (Å²) in [6.07, 6.45) is 0. The summed E-state index contributed by atoms with van der Waals surface area (Å²) in [5.41, 5.74) is 2.59. The Kier molecular flexibility index (Phi) is 3.27. The highest BCUT2D eigenvalue weighted by Gasteiger charge is 2.09. The van der Waals surface area contributed by atoms with Crippen LogP contribution >= 0.6 is 0 Å². The van der Waals surface area contributed by atoms with Crippen LogP contribution in [-0.2, 0) is 0 Å². The lowest BCUT2D eigenvalue weighted by atomic mass is 9.92. The molecule has 0 N–H and O–H groups in total. The summed E-state index contributed by atoms with van der Waals surface area (Å²) >= 11 is 0. The van der Waals surface area contributed by atoms with Crippen LogP contribution in [0.25, 0.3) is 54.2 Å². The average Bonchev–Trinajstić information content (AvgIpc) is 2.75. The van der Waals surface area contributed by atoms with Gasteiger partial charge < -0.3 is 0 Å². The Balaban J connectivity index is 1.71. The van der Waals surface area contributed by atoms with Crippen LogP contribution in [-0.4, -0.2) is 0 Å². The number of fused-ring (bicyclic) bond motifs is 4. The van der Waals surface area contributed by atoms with Crippen molar-refractivity contribution < 1.29 is 0 Å². The van der Waals surface area contributed by atoms with Gasteiger partial charge in [-0.2, -0.15) is 0 Å². The second-order valence-electron chi connectivity index (χ2n) is 7.45. The molecule has 6 aromatic carbocycles. The largest absolute Gasteiger partial charge is 0.0616 e. The fraction of sp³-hybridized carbons (Fsp3) is 0. The molecule has 0 radical (unpaired) electrons. The van der Waals surface area contributed by atoms with E-state index in [1.54, 1.807) is 0 Å². The molecule has 0 aromatic heterocycles. The molecule has 6 rings (SSSR count). The normalized spacial score (nSPS) is 11.6. The minimum Gasteiger partial charge on any atom is -0.0616 e. The van der Waals surface area contributed by atoms with Crippen LogP contribution in [0.3, 0.4) is 0 Å². The van der Waals surface area contributed by atoms with Gasteiger partial charge in [-0.15, -0.1) is 0 Å². The van der Waals surface area contributed by atoms with Gasteiger partial charge in [0.05, 0.1) is 0 Å². The standard InChI is InChI=1S/C28H18/c1-2-9-21-16-24-18-28-22(17-23(24)15-20(21)8-1)11-6-14-27(28)26-13-5-10-19-7-3-4-12-25(19)26/h1-18H. The highest BCUT2D eigenvalue weighted by Crippen LogP contribution is 2.36. The Morgan fingerprint density at radius 2 is 0.786 bits per heavy atom.